The topological polar surface area (TPSA) is 86.8 Å². The Kier molecular flexibility index (Phi) is 7.19. The molecule has 1 aromatic carbocycles. The summed E-state index contributed by atoms with van der Waals surface area (Å²) in [7, 11) is 1.42. The summed E-state index contributed by atoms with van der Waals surface area (Å²) in [6.07, 6.45) is 4.59. The molecule has 7 nitrogen and oxygen atoms in total. The van der Waals surface area contributed by atoms with E-state index in [4.69, 9.17) is 19.2 Å². The Morgan fingerprint density at radius 3 is 2.53 bits per heavy atom. The number of ether oxygens (including phenoxy) is 3. The van der Waals surface area contributed by atoms with Crippen LogP contribution < -0.4 is 5.32 Å². The van der Waals surface area contributed by atoms with Crippen LogP contribution in [0.5, 0.6) is 0 Å². The number of rotatable bonds is 5. The largest absolute Gasteiger partial charge is 0.468 e. The molecule has 1 aromatic heterocycles. The quantitative estimate of drug-likeness (QED) is 0.672. The van der Waals surface area contributed by atoms with Crippen molar-refractivity contribution in [1.82, 2.24) is 10.3 Å². The number of nitrogens with one attached hydrogen (secondary N) is 1. The maximum Gasteiger partial charge on any atom is 0.408 e. The fraction of sp³-hybridized carbons (Fsp3) is 0.480. The molecule has 1 saturated heterocycles. The maximum absolute atomic E-state index is 12.4. The molecule has 1 amide bonds. The van der Waals surface area contributed by atoms with Gasteiger partial charge in [-0.2, -0.15) is 0 Å². The lowest BCUT2D eigenvalue weighted by molar-refractivity contribution is -0.154. The molecular formula is C25H32N2O5. The van der Waals surface area contributed by atoms with Crippen LogP contribution in [0.4, 0.5) is 4.79 Å². The molecule has 0 unspecified atom stereocenters. The lowest BCUT2D eigenvalue weighted by Gasteiger charge is -2.31. The minimum atomic E-state index is -0.664. The van der Waals surface area contributed by atoms with Gasteiger partial charge in [-0.05, 0) is 58.2 Å². The van der Waals surface area contributed by atoms with Gasteiger partial charge in [0.2, 0.25) is 0 Å². The van der Waals surface area contributed by atoms with Crippen LogP contribution in [0.25, 0.3) is 17.0 Å². The fourth-order valence-electron chi connectivity index (χ4n) is 3.69. The first kappa shape index (κ1) is 23.7. The van der Waals surface area contributed by atoms with Crippen LogP contribution in [0.2, 0.25) is 0 Å². The Hall–Kier alpha value is -2.93. The Bertz CT molecular complexity index is 1000. The predicted molar refractivity (Wildman–Crippen MR) is 123 cm³/mol. The van der Waals surface area contributed by atoms with Crippen LogP contribution in [0.15, 0.2) is 36.4 Å². The highest BCUT2D eigenvalue weighted by Crippen LogP contribution is 2.34. The number of fused-ring (bicyclic) bond motifs is 1. The number of nitrogens with zero attached hydrogens (tertiary/aromatic N) is 1. The molecule has 7 heteroatoms. The Labute approximate surface area is 189 Å². The molecule has 1 aliphatic heterocycles. The number of benzene rings is 1. The van der Waals surface area contributed by atoms with Gasteiger partial charge in [0.1, 0.15) is 5.60 Å². The third kappa shape index (κ3) is 5.85. The van der Waals surface area contributed by atoms with E-state index in [9.17, 15) is 9.59 Å². The number of aromatic nitrogens is 1. The fourth-order valence-corrected chi connectivity index (χ4v) is 3.69. The van der Waals surface area contributed by atoms with Crippen LogP contribution >= 0.6 is 0 Å². The normalized spacial score (nSPS) is 17.2. The van der Waals surface area contributed by atoms with E-state index in [1.54, 1.807) is 0 Å². The third-order valence-electron chi connectivity index (χ3n) is 5.49. The second-order valence-electron chi connectivity index (χ2n) is 9.15. The van der Waals surface area contributed by atoms with Crippen LogP contribution in [0.3, 0.4) is 0 Å². The second kappa shape index (κ2) is 9.69. The zero-order chi connectivity index (χ0) is 23.4. The smallest absolute Gasteiger partial charge is 0.408 e. The molecule has 2 aromatic rings. The number of carbonyl (C=O) groups is 2. The highest BCUT2D eigenvalue weighted by atomic mass is 16.6. The second-order valence-corrected chi connectivity index (χ2v) is 9.15. The van der Waals surface area contributed by atoms with E-state index < -0.39 is 17.1 Å². The Morgan fingerprint density at radius 1 is 1.19 bits per heavy atom. The average molecular weight is 441 g/mol. The van der Waals surface area contributed by atoms with Crippen molar-refractivity contribution in [3.05, 3.63) is 47.7 Å². The minimum absolute atomic E-state index is 0.236. The maximum atomic E-state index is 12.4. The molecule has 0 bridgehead atoms. The molecule has 0 aliphatic carbocycles. The molecular weight excluding hydrogens is 408 g/mol. The molecule has 32 heavy (non-hydrogen) atoms. The summed E-state index contributed by atoms with van der Waals surface area (Å²) in [5, 5.41) is 3.81. The van der Waals surface area contributed by atoms with Gasteiger partial charge in [-0.3, -0.25) is 9.78 Å². The van der Waals surface area contributed by atoms with Gasteiger partial charge in [0.25, 0.3) is 0 Å². The van der Waals surface area contributed by atoms with Gasteiger partial charge in [0, 0.05) is 18.6 Å². The van der Waals surface area contributed by atoms with Gasteiger partial charge >= 0.3 is 12.1 Å². The van der Waals surface area contributed by atoms with Crippen molar-refractivity contribution in [3.63, 3.8) is 0 Å². The van der Waals surface area contributed by atoms with Crippen molar-refractivity contribution >= 4 is 29.0 Å². The van der Waals surface area contributed by atoms with E-state index in [-0.39, 0.29) is 12.0 Å². The monoisotopic (exact) mass is 440 g/mol. The van der Waals surface area contributed by atoms with Gasteiger partial charge in [-0.25, -0.2) is 4.79 Å². The minimum Gasteiger partial charge on any atom is -0.468 e. The Balaban J connectivity index is 1.81. The first-order valence-electron chi connectivity index (χ1n) is 10.9. The lowest BCUT2D eigenvalue weighted by atomic mass is 9.79. The van der Waals surface area contributed by atoms with Crippen molar-refractivity contribution in [2.24, 2.45) is 5.41 Å². The van der Waals surface area contributed by atoms with Crippen molar-refractivity contribution in [3.8, 4) is 0 Å². The van der Waals surface area contributed by atoms with E-state index in [2.05, 4.69) is 5.32 Å². The van der Waals surface area contributed by atoms with Crippen LogP contribution in [0, 0.1) is 5.41 Å². The van der Waals surface area contributed by atoms with Crippen molar-refractivity contribution in [2.75, 3.05) is 20.3 Å². The first-order valence-corrected chi connectivity index (χ1v) is 10.9. The molecule has 172 valence electrons. The van der Waals surface area contributed by atoms with E-state index >= 15 is 0 Å². The zero-order valence-corrected chi connectivity index (χ0v) is 19.4. The molecule has 3 rings (SSSR count). The number of pyridine rings is 1. The van der Waals surface area contributed by atoms with Gasteiger partial charge in [0.15, 0.2) is 0 Å². The van der Waals surface area contributed by atoms with Crippen molar-refractivity contribution in [1.29, 1.82) is 0 Å². The van der Waals surface area contributed by atoms with E-state index in [0.29, 0.717) is 26.1 Å². The number of methoxy groups -OCH3 is 1. The van der Waals surface area contributed by atoms with Crippen LogP contribution in [0.1, 0.15) is 57.8 Å². The number of amides is 1. The molecule has 1 aliphatic rings. The standard InChI is InChI=1S/C25H32N2O5/c1-17(26-23(29)32-24(2,3)4)20-9-8-19-7-6-18(16-21(19)27-20)10-11-25(22(28)30-5)12-14-31-15-13-25/h6-11,16-17H,12-15H2,1-5H3,(H,26,29)/t17-/m1/s1. The highest BCUT2D eigenvalue weighted by Gasteiger charge is 2.38. The van der Waals surface area contributed by atoms with Gasteiger partial charge in [-0.15, -0.1) is 0 Å². The summed E-state index contributed by atoms with van der Waals surface area (Å²) in [4.78, 5) is 29.3. The number of esters is 1. The number of carbonyl (C=O) groups excluding carboxylic acids is 2. The Morgan fingerprint density at radius 2 is 1.88 bits per heavy atom. The summed E-state index contributed by atoms with van der Waals surface area (Å²) < 4.78 is 15.8. The average Bonchev–Trinajstić information content (AvgIpc) is 2.75. The van der Waals surface area contributed by atoms with E-state index in [1.165, 1.54) is 7.11 Å². The lowest BCUT2D eigenvalue weighted by Crippen LogP contribution is -2.36. The van der Waals surface area contributed by atoms with Crippen LogP contribution in [-0.2, 0) is 19.0 Å². The summed E-state index contributed by atoms with van der Waals surface area (Å²) >= 11 is 0. The summed E-state index contributed by atoms with van der Waals surface area (Å²) in [6.45, 7) is 8.41. The molecule has 1 N–H and O–H groups in total. The number of alkyl carbamates (subject to hydrolysis) is 1. The van der Waals surface area contributed by atoms with Gasteiger partial charge in [0.05, 0.1) is 29.8 Å². The summed E-state index contributed by atoms with van der Waals surface area (Å²) in [5.74, 6) is -0.236. The van der Waals surface area contributed by atoms with Crippen molar-refractivity contribution < 1.29 is 23.8 Å². The van der Waals surface area contributed by atoms with Gasteiger partial charge < -0.3 is 19.5 Å². The molecule has 2 heterocycles. The summed E-state index contributed by atoms with van der Waals surface area (Å²) in [5.41, 5.74) is 1.25. The van der Waals surface area contributed by atoms with Crippen LogP contribution in [-0.4, -0.2) is 43.0 Å². The third-order valence-corrected chi connectivity index (χ3v) is 5.49. The molecule has 0 radical (unpaired) electrons. The predicted octanol–water partition coefficient (Wildman–Crippen LogP) is 4.80. The molecule has 0 spiro atoms. The first-order chi connectivity index (χ1) is 15.1. The summed E-state index contributed by atoms with van der Waals surface area (Å²) in [6, 6.07) is 9.53. The number of hydrogen-bond donors (Lipinski definition) is 1. The highest BCUT2D eigenvalue weighted by molar-refractivity contribution is 5.83. The SMILES string of the molecule is COC(=O)C1(C=Cc2ccc3ccc([C@@H](C)NC(=O)OC(C)(C)C)nc3c2)CCOCC1. The van der Waals surface area contributed by atoms with Gasteiger partial charge in [-0.1, -0.05) is 30.4 Å². The van der Waals surface area contributed by atoms with E-state index in [0.717, 1.165) is 22.2 Å². The molecule has 0 saturated carbocycles. The van der Waals surface area contributed by atoms with E-state index in [1.807, 2.05) is 70.2 Å². The molecule has 1 atom stereocenters. The zero-order valence-electron chi connectivity index (χ0n) is 19.4. The molecule has 1 fully saturated rings. The number of hydrogen-bond acceptors (Lipinski definition) is 6. The van der Waals surface area contributed by atoms with Crippen molar-refractivity contribution in [2.45, 2.75) is 52.2 Å².